The van der Waals surface area contributed by atoms with Crippen molar-refractivity contribution < 1.29 is 9.90 Å². The molecule has 0 radical (unpaired) electrons. The van der Waals surface area contributed by atoms with Crippen molar-refractivity contribution in [2.75, 3.05) is 0 Å². The number of aliphatic hydroxyl groups excluding tert-OH is 1. The Balaban J connectivity index is 2.32. The molecule has 6 nitrogen and oxygen atoms in total. The molecule has 1 amide bonds. The summed E-state index contributed by atoms with van der Waals surface area (Å²) in [6.45, 7) is 3.48. The fourth-order valence-corrected chi connectivity index (χ4v) is 1.15. The largest absolute Gasteiger partial charge is 0.393 e. The molecular formula is C9H16N4O2. The lowest BCUT2D eigenvalue weighted by Crippen LogP contribution is -2.27. The summed E-state index contributed by atoms with van der Waals surface area (Å²) in [6, 6.07) is -0.186. The molecule has 0 aromatic carbocycles. The predicted octanol–water partition coefficient (Wildman–Crippen LogP) is 0.143. The highest BCUT2D eigenvalue weighted by Crippen LogP contribution is 2.05. The van der Waals surface area contributed by atoms with Crippen LogP contribution in [0.5, 0.6) is 0 Å². The van der Waals surface area contributed by atoms with E-state index >= 15 is 0 Å². The first kappa shape index (κ1) is 11.6. The standard InChI is InChI=1S/C9H16N4O2/c1-6(14)3-4-8(15)12-7(2)9-10-5-11-13-9/h5-7,14H,3-4H2,1-2H3,(H,12,15)(H,10,11,13). The first-order chi connectivity index (χ1) is 7.09. The lowest BCUT2D eigenvalue weighted by molar-refractivity contribution is -0.122. The molecule has 1 heterocycles. The van der Waals surface area contributed by atoms with Crippen LogP contribution in [0.4, 0.5) is 0 Å². The third kappa shape index (κ3) is 4.07. The van der Waals surface area contributed by atoms with Crippen LogP contribution in [0.25, 0.3) is 0 Å². The van der Waals surface area contributed by atoms with Crippen LogP contribution >= 0.6 is 0 Å². The highest BCUT2D eigenvalue weighted by molar-refractivity contribution is 5.76. The Kier molecular flexibility index (Phi) is 4.23. The van der Waals surface area contributed by atoms with Gasteiger partial charge in [0.2, 0.25) is 5.91 Å². The second kappa shape index (κ2) is 5.45. The summed E-state index contributed by atoms with van der Waals surface area (Å²) in [5.41, 5.74) is 0. The molecule has 0 spiro atoms. The number of carbonyl (C=O) groups is 1. The monoisotopic (exact) mass is 212 g/mol. The average molecular weight is 212 g/mol. The van der Waals surface area contributed by atoms with Gasteiger partial charge in [-0.05, 0) is 20.3 Å². The van der Waals surface area contributed by atoms with Crippen molar-refractivity contribution in [3.8, 4) is 0 Å². The molecular weight excluding hydrogens is 196 g/mol. The minimum absolute atomic E-state index is 0.0974. The van der Waals surface area contributed by atoms with Crippen LogP contribution in [0.1, 0.15) is 38.6 Å². The van der Waals surface area contributed by atoms with E-state index in [2.05, 4.69) is 20.5 Å². The summed E-state index contributed by atoms with van der Waals surface area (Å²) in [5, 5.41) is 18.1. The molecule has 1 aromatic rings. The molecule has 0 fully saturated rings. The molecule has 0 bridgehead atoms. The number of nitrogens with one attached hydrogen (secondary N) is 2. The van der Waals surface area contributed by atoms with Gasteiger partial charge in [0, 0.05) is 6.42 Å². The zero-order valence-electron chi connectivity index (χ0n) is 8.90. The highest BCUT2D eigenvalue weighted by atomic mass is 16.3. The summed E-state index contributed by atoms with van der Waals surface area (Å²) in [5.74, 6) is 0.528. The third-order valence-corrected chi connectivity index (χ3v) is 2.01. The second-order valence-corrected chi connectivity index (χ2v) is 3.55. The molecule has 2 atom stereocenters. The SMILES string of the molecule is CC(O)CCC(=O)NC(C)c1ncn[nH]1. The molecule has 3 N–H and O–H groups in total. The van der Waals surface area contributed by atoms with Crippen molar-refractivity contribution in [1.29, 1.82) is 0 Å². The number of rotatable bonds is 5. The summed E-state index contributed by atoms with van der Waals surface area (Å²) in [6.07, 6.45) is 1.73. The van der Waals surface area contributed by atoms with Gasteiger partial charge in [-0.15, -0.1) is 0 Å². The molecule has 1 aromatic heterocycles. The number of H-pyrrole nitrogens is 1. The molecule has 0 saturated carbocycles. The van der Waals surface area contributed by atoms with E-state index in [4.69, 9.17) is 5.11 Å². The Morgan fingerprint density at radius 2 is 2.40 bits per heavy atom. The number of carbonyl (C=O) groups excluding carboxylic acids is 1. The Morgan fingerprint density at radius 1 is 1.67 bits per heavy atom. The number of hydrogen-bond donors (Lipinski definition) is 3. The topological polar surface area (TPSA) is 90.9 Å². The van der Waals surface area contributed by atoms with E-state index in [1.165, 1.54) is 6.33 Å². The van der Waals surface area contributed by atoms with Gasteiger partial charge >= 0.3 is 0 Å². The maximum atomic E-state index is 11.4. The zero-order valence-corrected chi connectivity index (χ0v) is 8.90. The Morgan fingerprint density at radius 3 is 2.93 bits per heavy atom. The van der Waals surface area contributed by atoms with Gasteiger partial charge in [0.25, 0.3) is 0 Å². The van der Waals surface area contributed by atoms with Crippen molar-refractivity contribution in [3.05, 3.63) is 12.2 Å². The number of nitrogens with zero attached hydrogens (tertiary/aromatic N) is 2. The van der Waals surface area contributed by atoms with Crippen LogP contribution in [0.3, 0.4) is 0 Å². The number of amides is 1. The predicted molar refractivity (Wildman–Crippen MR) is 53.9 cm³/mol. The van der Waals surface area contributed by atoms with Gasteiger partial charge in [0.1, 0.15) is 12.2 Å². The van der Waals surface area contributed by atoms with E-state index in [-0.39, 0.29) is 11.9 Å². The molecule has 15 heavy (non-hydrogen) atoms. The van der Waals surface area contributed by atoms with Gasteiger partial charge in [-0.2, -0.15) is 5.10 Å². The molecule has 0 aliphatic carbocycles. The average Bonchev–Trinajstić information content (AvgIpc) is 2.67. The van der Waals surface area contributed by atoms with E-state index < -0.39 is 6.10 Å². The Labute approximate surface area is 88.1 Å². The van der Waals surface area contributed by atoms with Crippen molar-refractivity contribution >= 4 is 5.91 Å². The van der Waals surface area contributed by atoms with Crippen LogP contribution in [-0.2, 0) is 4.79 Å². The lowest BCUT2D eigenvalue weighted by Gasteiger charge is -2.11. The zero-order chi connectivity index (χ0) is 11.3. The van der Waals surface area contributed by atoms with Crippen LogP contribution in [0, 0.1) is 0 Å². The van der Waals surface area contributed by atoms with Gasteiger partial charge < -0.3 is 10.4 Å². The summed E-state index contributed by atoms with van der Waals surface area (Å²) >= 11 is 0. The van der Waals surface area contributed by atoms with E-state index in [0.29, 0.717) is 18.7 Å². The van der Waals surface area contributed by atoms with Crippen molar-refractivity contribution in [1.82, 2.24) is 20.5 Å². The van der Waals surface area contributed by atoms with Crippen molar-refractivity contribution in [3.63, 3.8) is 0 Å². The van der Waals surface area contributed by atoms with E-state index in [9.17, 15) is 4.79 Å². The molecule has 6 heteroatoms. The van der Waals surface area contributed by atoms with E-state index in [1.807, 2.05) is 6.92 Å². The van der Waals surface area contributed by atoms with Crippen LogP contribution < -0.4 is 5.32 Å². The van der Waals surface area contributed by atoms with Crippen LogP contribution in [0.2, 0.25) is 0 Å². The molecule has 0 aliphatic heterocycles. The smallest absolute Gasteiger partial charge is 0.220 e. The first-order valence-corrected chi connectivity index (χ1v) is 4.92. The minimum Gasteiger partial charge on any atom is -0.393 e. The number of aliphatic hydroxyl groups is 1. The van der Waals surface area contributed by atoms with Gasteiger partial charge in [-0.3, -0.25) is 9.89 Å². The van der Waals surface area contributed by atoms with E-state index in [1.54, 1.807) is 6.92 Å². The fraction of sp³-hybridized carbons (Fsp3) is 0.667. The minimum atomic E-state index is -0.448. The number of aromatic amines is 1. The quantitative estimate of drug-likeness (QED) is 0.647. The normalized spacial score (nSPS) is 14.6. The number of hydrogen-bond acceptors (Lipinski definition) is 4. The second-order valence-electron chi connectivity index (χ2n) is 3.55. The Bertz CT molecular complexity index is 297. The van der Waals surface area contributed by atoms with Gasteiger partial charge in [0.15, 0.2) is 0 Å². The maximum Gasteiger partial charge on any atom is 0.220 e. The first-order valence-electron chi connectivity index (χ1n) is 4.92. The van der Waals surface area contributed by atoms with E-state index in [0.717, 1.165) is 0 Å². The summed E-state index contributed by atoms with van der Waals surface area (Å²) < 4.78 is 0. The summed E-state index contributed by atoms with van der Waals surface area (Å²) in [4.78, 5) is 15.3. The molecule has 84 valence electrons. The van der Waals surface area contributed by atoms with Gasteiger partial charge in [-0.1, -0.05) is 0 Å². The van der Waals surface area contributed by atoms with Crippen LogP contribution in [-0.4, -0.2) is 32.3 Å². The summed E-state index contributed by atoms with van der Waals surface area (Å²) in [7, 11) is 0. The molecule has 0 aliphatic rings. The van der Waals surface area contributed by atoms with Crippen LogP contribution in [0.15, 0.2) is 6.33 Å². The van der Waals surface area contributed by atoms with Gasteiger partial charge in [0.05, 0.1) is 12.1 Å². The maximum absolute atomic E-state index is 11.4. The van der Waals surface area contributed by atoms with Gasteiger partial charge in [-0.25, -0.2) is 4.98 Å². The Hall–Kier alpha value is -1.43. The highest BCUT2D eigenvalue weighted by Gasteiger charge is 2.11. The third-order valence-electron chi connectivity index (χ3n) is 2.01. The van der Waals surface area contributed by atoms with Crippen molar-refractivity contribution in [2.45, 2.75) is 38.8 Å². The lowest BCUT2D eigenvalue weighted by atomic mass is 10.2. The number of aromatic nitrogens is 3. The molecule has 1 rings (SSSR count). The van der Waals surface area contributed by atoms with Crippen molar-refractivity contribution in [2.24, 2.45) is 0 Å². The molecule has 0 saturated heterocycles. The molecule has 2 unspecified atom stereocenters. The fourth-order valence-electron chi connectivity index (χ4n) is 1.15.